The van der Waals surface area contributed by atoms with Crippen molar-refractivity contribution in [3.8, 4) is 0 Å². The predicted molar refractivity (Wildman–Crippen MR) is 72.8 cm³/mol. The van der Waals surface area contributed by atoms with Crippen LogP contribution in [-0.2, 0) is 11.3 Å². The Balaban J connectivity index is 2.28. The Morgan fingerprint density at radius 1 is 1.67 bits per heavy atom. The molecule has 0 aliphatic carbocycles. The van der Waals surface area contributed by atoms with Gasteiger partial charge in [-0.25, -0.2) is 9.78 Å². The van der Waals surface area contributed by atoms with E-state index in [2.05, 4.69) is 16.6 Å². The largest absolute Gasteiger partial charge is 0.464 e. The molecule has 0 amide bonds. The number of nitrogens with zero attached hydrogens (tertiary/aromatic N) is 2. The molecule has 1 aliphatic rings. The number of nitrogens with two attached hydrogens (primary N) is 1. The van der Waals surface area contributed by atoms with Crippen molar-refractivity contribution < 1.29 is 9.53 Å². The summed E-state index contributed by atoms with van der Waals surface area (Å²) in [6.45, 7) is 4.90. The number of methoxy groups -OCH3 is 1. The molecule has 0 saturated carbocycles. The van der Waals surface area contributed by atoms with Gasteiger partial charge in [-0.15, -0.1) is 0 Å². The molecule has 0 bridgehead atoms. The maximum absolute atomic E-state index is 11.5. The average Bonchev–Trinajstić information content (AvgIpc) is 2.88. The van der Waals surface area contributed by atoms with Crippen LogP contribution in [0, 0.1) is 6.92 Å². The molecule has 1 unspecified atom stereocenters. The van der Waals surface area contributed by atoms with Gasteiger partial charge in [0.2, 0.25) is 0 Å². The monoisotopic (exact) mass is 269 g/mol. The lowest BCUT2D eigenvalue weighted by atomic mass is 10.1. The summed E-state index contributed by atoms with van der Waals surface area (Å²) in [5.41, 5.74) is 6.23. The minimum atomic E-state index is -0.474. The number of carbonyl (C=O) groups excluding carboxylic acids is 1. The maximum atomic E-state index is 11.5. The first-order valence-corrected chi connectivity index (χ1v) is 7.00. The Bertz CT molecular complexity index is 464. The van der Waals surface area contributed by atoms with E-state index in [0.717, 1.165) is 12.4 Å². The Labute approximate surface area is 111 Å². The van der Waals surface area contributed by atoms with Crippen molar-refractivity contribution in [3.63, 3.8) is 0 Å². The number of ether oxygens (including phenoxy) is 1. The minimum Gasteiger partial charge on any atom is -0.464 e. The number of esters is 1. The summed E-state index contributed by atoms with van der Waals surface area (Å²) in [6.07, 6.45) is 2.40. The number of hydrogen-bond donors (Lipinski definition) is 1. The van der Waals surface area contributed by atoms with Gasteiger partial charge in [-0.1, -0.05) is 0 Å². The summed E-state index contributed by atoms with van der Waals surface area (Å²) < 4.78 is 6.79. The van der Waals surface area contributed by atoms with Crippen molar-refractivity contribution >= 4 is 23.5 Å². The highest BCUT2D eigenvalue weighted by atomic mass is 32.2. The van der Waals surface area contributed by atoms with E-state index in [1.54, 1.807) is 0 Å². The van der Waals surface area contributed by atoms with Gasteiger partial charge in [0.25, 0.3) is 0 Å². The zero-order valence-electron chi connectivity index (χ0n) is 11.0. The highest BCUT2D eigenvalue weighted by Gasteiger charge is 2.32. The molecular formula is C12H19N3O2S. The molecule has 18 heavy (non-hydrogen) atoms. The molecule has 1 saturated heterocycles. The number of imidazole rings is 1. The summed E-state index contributed by atoms with van der Waals surface area (Å²) in [5.74, 6) is 1.89. The number of nitrogen functional groups attached to an aromatic ring is 1. The molecule has 1 aromatic heterocycles. The standard InChI is InChI=1S/C12H19N3O2S/c1-8-14-9(11(16)17-3)10(13)15(8)7-12(2)5-4-6-18-12/h4-7,13H2,1-3H3. The van der Waals surface area contributed by atoms with Crippen molar-refractivity contribution in [3.05, 3.63) is 11.5 Å². The second kappa shape index (κ2) is 4.84. The third-order valence-corrected chi connectivity index (χ3v) is 4.89. The second-order valence-corrected chi connectivity index (χ2v) is 6.56. The van der Waals surface area contributed by atoms with Crippen LogP contribution in [0.25, 0.3) is 0 Å². The lowest BCUT2D eigenvalue weighted by Crippen LogP contribution is -2.25. The number of rotatable bonds is 3. The van der Waals surface area contributed by atoms with Gasteiger partial charge in [0.05, 0.1) is 7.11 Å². The first-order valence-electron chi connectivity index (χ1n) is 6.02. The Morgan fingerprint density at radius 3 is 2.94 bits per heavy atom. The summed E-state index contributed by atoms with van der Waals surface area (Å²) in [5, 5.41) is 0. The van der Waals surface area contributed by atoms with Crippen molar-refractivity contribution in [2.45, 2.75) is 38.0 Å². The van der Waals surface area contributed by atoms with E-state index in [-0.39, 0.29) is 10.4 Å². The van der Waals surface area contributed by atoms with Crippen molar-refractivity contribution in [1.29, 1.82) is 0 Å². The van der Waals surface area contributed by atoms with Crippen LogP contribution < -0.4 is 5.73 Å². The molecule has 1 fully saturated rings. The third kappa shape index (κ3) is 2.34. The van der Waals surface area contributed by atoms with Crippen LogP contribution >= 0.6 is 11.8 Å². The van der Waals surface area contributed by atoms with E-state index >= 15 is 0 Å². The molecule has 2 rings (SSSR count). The van der Waals surface area contributed by atoms with Gasteiger partial charge < -0.3 is 15.0 Å². The summed E-state index contributed by atoms with van der Waals surface area (Å²) in [6, 6.07) is 0. The minimum absolute atomic E-state index is 0.187. The topological polar surface area (TPSA) is 70.1 Å². The van der Waals surface area contributed by atoms with Crippen LogP contribution in [-0.4, -0.2) is 33.1 Å². The maximum Gasteiger partial charge on any atom is 0.360 e. The van der Waals surface area contributed by atoms with Crippen molar-refractivity contribution in [2.24, 2.45) is 0 Å². The third-order valence-electron chi connectivity index (χ3n) is 3.37. The summed E-state index contributed by atoms with van der Waals surface area (Å²) in [4.78, 5) is 15.7. The van der Waals surface area contributed by atoms with Crippen LogP contribution in [0.1, 0.15) is 36.1 Å². The van der Waals surface area contributed by atoms with Gasteiger partial charge in [-0.05, 0) is 32.4 Å². The molecule has 2 N–H and O–H groups in total. The van der Waals surface area contributed by atoms with Gasteiger partial charge in [0, 0.05) is 11.3 Å². The molecule has 5 nitrogen and oxygen atoms in total. The Kier molecular flexibility index (Phi) is 3.56. The number of aryl methyl sites for hydroxylation is 1. The van der Waals surface area contributed by atoms with E-state index in [1.807, 2.05) is 23.3 Å². The lowest BCUT2D eigenvalue weighted by Gasteiger charge is -2.24. The van der Waals surface area contributed by atoms with E-state index in [9.17, 15) is 4.79 Å². The number of aromatic nitrogens is 2. The van der Waals surface area contributed by atoms with Crippen LogP contribution in [0.5, 0.6) is 0 Å². The van der Waals surface area contributed by atoms with Crippen LogP contribution in [0.3, 0.4) is 0 Å². The molecular weight excluding hydrogens is 250 g/mol. The van der Waals surface area contributed by atoms with Crippen molar-refractivity contribution in [2.75, 3.05) is 18.6 Å². The molecule has 1 aliphatic heterocycles. The molecule has 0 spiro atoms. The normalized spacial score (nSPS) is 23.3. The zero-order valence-corrected chi connectivity index (χ0v) is 11.8. The van der Waals surface area contributed by atoms with Crippen LogP contribution in [0.15, 0.2) is 0 Å². The van der Waals surface area contributed by atoms with Gasteiger partial charge in [-0.2, -0.15) is 11.8 Å². The number of carbonyl (C=O) groups is 1. The van der Waals surface area contributed by atoms with Crippen LogP contribution in [0.4, 0.5) is 5.82 Å². The second-order valence-electron chi connectivity index (χ2n) is 4.87. The smallest absolute Gasteiger partial charge is 0.360 e. The van der Waals surface area contributed by atoms with Gasteiger partial charge in [-0.3, -0.25) is 0 Å². The summed E-state index contributed by atoms with van der Waals surface area (Å²) >= 11 is 1.96. The zero-order chi connectivity index (χ0) is 13.3. The van der Waals surface area contributed by atoms with Gasteiger partial charge in [0.1, 0.15) is 11.6 Å². The number of thioether (sulfide) groups is 1. The van der Waals surface area contributed by atoms with E-state index in [1.165, 1.54) is 25.7 Å². The molecule has 100 valence electrons. The summed E-state index contributed by atoms with van der Waals surface area (Å²) in [7, 11) is 1.34. The highest BCUT2D eigenvalue weighted by Crippen LogP contribution is 2.39. The fourth-order valence-corrected chi connectivity index (χ4v) is 3.61. The molecule has 2 heterocycles. The molecule has 1 aromatic rings. The number of hydrogen-bond acceptors (Lipinski definition) is 5. The van der Waals surface area contributed by atoms with Gasteiger partial charge in [0.15, 0.2) is 5.69 Å². The molecule has 0 radical (unpaired) electrons. The first kappa shape index (κ1) is 13.3. The Hall–Kier alpha value is -1.17. The van der Waals surface area contributed by atoms with E-state index in [4.69, 9.17) is 5.73 Å². The number of anilines is 1. The van der Waals surface area contributed by atoms with Crippen molar-refractivity contribution in [1.82, 2.24) is 9.55 Å². The highest BCUT2D eigenvalue weighted by molar-refractivity contribution is 8.00. The molecule has 0 aromatic carbocycles. The lowest BCUT2D eigenvalue weighted by molar-refractivity contribution is 0.0595. The quantitative estimate of drug-likeness (QED) is 0.848. The fourth-order valence-electron chi connectivity index (χ4n) is 2.32. The van der Waals surface area contributed by atoms with E-state index < -0.39 is 5.97 Å². The van der Waals surface area contributed by atoms with E-state index in [0.29, 0.717) is 5.82 Å². The molecule has 6 heteroatoms. The average molecular weight is 269 g/mol. The van der Waals surface area contributed by atoms with Gasteiger partial charge >= 0.3 is 5.97 Å². The fraction of sp³-hybridized carbons (Fsp3) is 0.667. The first-order chi connectivity index (χ1) is 8.47. The Morgan fingerprint density at radius 2 is 2.39 bits per heavy atom. The molecule has 1 atom stereocenters. The van der Waals surface area contributed by atoms with Crippen LogP contribution in [0.2, 0.25) is 0 Å². The SMILES string of the molecule is COC(=O)c1nc(C)n(CC2(C)CCCS2)c1N. The predicted octanol–water partition coefficient (Wildman–Crippen LogP) is 1.85.